The normalized spacial score (nSPS) is 21.6. The van der Waals surface area contributed by atoms with Crippen molar-refractivity contribution in [1.82, 2.24) is 4.90 Å². The zero-order chi connectivity index (χ0) is 16.2. The number of benzene rings is 1. The minimum absolute atomic E-state index is 0.0764. The summed E-state index contributed by atoms with van der Waals surface area (Å²) in [5.74, 6) is 0.0764. The number of rotatable bonds is 5. The second-order valence-corrected chi connectivity index (χ2v) is 5.55. The molecule has 1 heterocycles. The highest BCUT2D eigenvalue weighted by Gasteiger charge is 2.30. The second kappa shape index (κ2) is 7.30. The van der Waals surface area contributed by atoms with Gasteiger partial charge in [0.2, 0.25) is 0 Å². The van der Waals surface area contributed by atoms with Crippen LogP contribution in [0.15, 0.2) is 24.3 Å². The molecular formula is C15H20F3NO3. The Balaban J connectivity index is 1.82. The predicted octanol–water partition coefficient (Wildman–Crippen LogP) is 1.90. The van der Waals surface area contributed by atoms with E-state index in [9.17, 15) is 23.4 Å². The van der Waals surface area contributed by atoms with Gasteiger partial charge < -0.3 is 14.9 Å². The molecule has 1 aliphatic heterocycles. The van der Waals surface area contributed by atoms with Crippen molar-refractivity contribution >= 4 is 0 Å². The van der Waals surface area contributed by atoms with Crippen molar-refractivity contribution in [2.45, 2.75) is 31.2 Å². The maximum Gasteiger partial charge on any atom is 0.416 e. The zero-order valence-corrected chi connectivity index (χ0v) is 12.1. The third kappa shape index (κ3) is 5.15. The quantitative estimate of drug-likeness (QED) is 0.870. The molecule has 22 heavy (non-hydrogen) atoms. The van der Waals surface area contributed by atoms with E-state index >= 15 is 0 Å². The zero-order valence-electron chi connectivity index (χ0n) is 12.1. The molecule has 2 unspecified atom stereocenters. The van der Waals surface area contributed by atoms with E-state index in [0.717, 1.165) is 31.5 Å². The van der Waals surface area contributed by atoms with Gasteiger partial charge in [-0.05, 0) is 37.6 Å². The van der Waals surface area contributed by atoms with Gasteiger partial charge in [0.1, 0.15) is 18.5 Å². The van der Waals surface area contributed by atoms with Gasteiger partial charge in [0, 0.05) is 13.1 Å². The Kier molecular flexibility index (Phi) is 5.66. The lowest BCUT2D eigenvalue weighted by molar-refractivity contribution is -0.137. The van der Waals surface area contributed by atoms with Gasteiger partial charge >= 0.3 is 6.18 Å². The van der Waals surface area contributed by atoms with Crippen LogP contribution in [-0.4, -0.2) is 53.6 Å². The minimum Gasteiger partial charge on any atom is -0.491 e. The number of aliphatic hydroxyl groups excluding tert-OH is 2. The van der Waals surface area contributed by atoms with E-state index in [4.69, 9.17) is 4.74 Å². The molecule has 2 N–H and O–H groups in total. The summed E-state index contributed by atoms with van der Waals surface area (Å²) < 4.78 is 43.0. The molecule has 1 saturated heterocycles. The summed E-state index contributed by atoms with van der Waals surface area (Å²) in [5, 5.41) is 19.5. The molecule has 0 aromatic heterocycles. The second-order valence-electron chi connectivity index (χ2n) is 5.55. The number of piperidine rings is 1. The minimum atomic E-state index is -4.41. The van der Waals surface area contributed by atoms with Crippen LogP contribution in [0.2, 0.25) is 0 Å². The number of β-amino-alcohol motifs (C(OH)–C–C–N with tert-alkyl or cyclic N) is 2. The van der Waals surface area contributed by atoms with E-state index in [1.165, 1.54) is 12.1 Å². The van der Waals surface area contributed by atoms with Gasteiger partial charge in [-0.15, -0.1) is 0 Å². The van der Waals surface area contributed by atoms with Crippen LogP contribution < -0.4 is 4.74 Å². The molecule has 124 valence electrons. The molecule has 1 aromatic carbocycles. The van der Waals surface area contributed by atoms with E-state index in [1.54, 1.807) is 0 Å². The van der Waals surface area contributed by atoms with Crippen molar-refractivity contribution in [1.29, 1.82) is 0 Å². The van der Waals surface area contributed by atoms with Crippen LogP contribution in [0.25, 0.3) is 0 Å². The first-order chi connectivity index (χ1) is 10.3. The number of halogens is 3. The van der Waals surface area contributed by atoms with E-state index < -0.39 is 17.8 Å². The molecule has 7 heteroatoms. The molecule has 0 radical (unpaired) electrons. The maximum atomic E-state index is 12.6. The number of likely N-dealkylation sites (tertiary alicyclic amines) is 1. The Hall–Kier alpha value is -1.31. The van der Waals surface area contributed by atoms with E-state index in [-0.39, 0.29) is 18.5 Å². The lowest BCUT2D eigenvalue weighted by Crippen LogP contribution is -2.43. The van der Waals surface area contributed by atoms with Crippen molar-refractivity contribution in [3.8, 4) is 5.75 Å². The first-order valence-corrected chi connectivity index (χ1v) is 7.23. The van der Waals surface area contributed by atoms with Crippen molar-refractivity contribution in [2.24, 2.45) is 0 Å². The Morgan fingerprint density at radius 2 is 2.14 bits per heavy atom. The largest absolute Gasteiger partial charge is 0.491 e. The van der Waals surface area contributed by atoms with Gasteiger partial charge in [-0.1, -0.05) is 6.07 Å². The topological polar surface area (TPSA) is 52.9 Å². The molecule has 1 aromatic rings. The van der Waals surface area contributed by atoms with Gasteiger partial charge in [-0.2, -0.15) is 13.2 Å². The first-order valence-electron chi connectivity index (χ1n) is 7.23. The number of ether oxygens (including phenoxy) is 1. The Morgan fingerprint density at radius 3 is 2.82 bits per heavy atom. The average Bonchev–Trinajstić information content (AvgIpc) is 2.45. The van der Waals surface area contributed by atoms with Crippen LogP contribution in [0.5, 0.6) is 5.75 Å². The van der Waals surface area contributed by atoms with E-state index in [2.05, 4.69) is 0 Å². The maximum absolute atomic E-state index is 12.6. The molecule has 2 rings (SSSR count). The van der Waals surface area contributed by atoms with Crippen LogP contribution in [-0.2, 0) is 6.18 Å². The van der Waals surface area contributed by atoms with Gasteiger partial charge in [0.25, 0.3) is 0 Å². The first kappa shape index (κ1) is 17.1. The smallest absolute Gasteiger partial charge is 0.416 e. The Labute approximate surface area is 127 Å². The number of hydrogen-bond donors (Lipinski definition) is 2. The molecule has 4 nitrogen and oxygen atoms in total. The van der Waals surface area contributed by atoms with Crippen LogP contribution in [0.1, 0.15) is 18.4 Å². The standard InChI is InChI=1S/C15H20F3NO3/c16-15(17,18)11-3-1-5-14(7-11)22-10-13(21)9-19-6-2-4-12(20)8-19/h1,3,5,7,12-13,20-21H,2,4,6,8-10H2. The Morgan fingerprint density at radius 1 is 1.36 bits per heavy atom. The number of aliphatic hydroxyl groups is 2. The summed E-state index contributed by atoms with van der Waals surface area (Å²) in [4.78, 5) is 1.92. The van der Waals surface area contributed by atoms with Crippen LogP contribution >= 0.6 is 0 Å². The van der Waals surface area contributed by atoms with E-state index in [0.29, 0.717) is 13.1 Å². The highest BCUT2D eigenvalue weighted by molar-refractivity contribution is 5.30. The molecule has 2 atom stereocenters. The SMILES string of the molecule is OC1CCCN(CC(O)COc2cccc(C(F)(F)F)c2)C1. The lowest BCUT2D eigenvalue weighted by atomic mass is 10.1. The number of nitrogens with zero attached hydrogens (tertiary/aromatic N) is 1. The fourth-order valence-corrected chi connectivity index (χ4v) is 2.50. The monoisotopic (exact) mass is 319 g/mol. The number of hydrogen-bond acceptors (Lipinski definition) is 4. The van der Waals surface area contributed by atoms with Gasteiger partial charge in [-0.3, -0.25) is 4.90 Å². The molecule has 1 aliphatic rings. The molecule has 0 spiro atoms. The highest BCUT2D eigenvalue weighted by Crippen LogP contribution is 2.31. The number of alkyl halides is 3. The van der Waals surface area contributed by atoms with Crippen LogP contribution in [0.3, 0.4) is 0 Å². The van der Waals surface area contributed by atoms with Crippen molar-refractivity contribution in [3.05, 3.63) is 29.8 Å². The van der Waals surface area contributed by atoms with Gasteiger partial charge in [0.15, 0.2) is 0 Å². The third-order valence-corrected chi connectivity index (χ3v) is 3.55. The third-order valence-electron chi connectivity index (χ3n) is 3.55. The molecule has 1 fully saturated rings. The summed E-state index contributed by atoms with van der Waals surface area (Å²) >= 11 is 0. The molecular weight excluding hydrogens is 299 g/mol. The van der Waals surface area contributed by atoms with Gasteiger partial charge in [0.05, 0.1) is 11.7 Å². The van der Waals surface area contributed by atoms with Crippen molar-refractivity contribution < 1.29 is 28.1 Å². The Bertz CT molecular complexity index is 481. The summed E-state index contributed by atoms with van der Waals surface area (Å²) in [6.07, 6.45) is -4.00. The highest BCUT2D eigenvalue weighted by atomic mass is 19.4. The summed E-state index contributed by atoms with van der Waals surface area (Å²) in [6, 6.07) is 4.58. The lowest BCUT2D eigenvalue weighted by Gasteiger charge is -2.31. The summed E-state index contributed by atoms with van der Waals surface area (Å²) in [7, 11) is 0. The molecule has 0 amide bonds. The summed E-state index contributed by atoms with van der Waals surface area (Å²) in [6.45, 7) is 1.53. The van der Waals surface area contributed by atoms with Crippen LogP contribution in [0, 0.1) is 0 Å². The molecule has 0 aliphatic carbocycles. The average molecular weight is 319 g/mol. The fourth-order valence-electron chi connectivity index (χ4n) is 2.50. The molecule has 0 saturated carbocycles. The molecule has 0 bridgehead atoms. The summed E-state index contributed by atoms with van der Waals surface area (Å²) in [5.41, 5.74) is -0.779. The van der Waals surface area contributed by atoms with Gasteiger partial charge in [-0.25, -0.2) is 0 Å². The van der Waals surface area contributed by atoms with Crippen molar-refractivity contribution in [3.63, 3.8) is 0 Å². The van der Waals surface area contributed by atoms with E-state index in [1.807, 2.05) is 4.90 Å². The van der Waals surface area contributed by atoms with Crippen molar-refractivity contribution in [2.75, 3.05) is 26.2 Å². The van der Waals surface area contributed by atoms with Crippen LogP contribution in [0.4, 0.5) is 13.2 Å². The fraction of sp³-hybridized carbons (Fsp3) is 0.600. The predicted molar refractivity (Wildman–Crippen MR) is 74.6 cm³/mol.